The van der Waals surface area contributed by atoms with E-state index in [2.05, 4.69) is 29.1 Å². The second-order valence-electron chi connectivity index (χ2n) is 6.70. The van der Waals surface area contributed by atoms with Crippen molar-refractivity contribution in [2.45, 2.75) is 56.8 Å². The highest BCUT2D eigenvalue weighted by atomic mass is 16.5. The number of morpholine rings is 1. The molecule has 3 saturated heterocycles. The quantitative estimate of drug-likeness (QED) is 0.820. The van der Waals surface area contributed by atoms with Crippen molar-refractivity contribution in [2.75, 3.05) is 39.9 Å². The van der Waals surface area contributed by atoms with E-state index in [-0.39, 0.29) is 0 Å². The van der Waals surface area contributed by atoms with E-state index < -0.39 is 0 Å². The maximum atomic E-state index is 5.41. The van der Waals surface area contributed by atoms with Gasteiger partial charge in [-0.1, -0.05) is 0 Å². The molecule has 4 heteroatoms. The van der Waals surface area contributed by atoms with Crippen LogP contribution < -0.4 is 5.32 Å². The van der Waals surface area contributed by atoms with Gasteiger partial charge < -0.3 is 15.0 Å². The molecule has 0 aromatic heterocycles. The minimum Gasteiger partial charge on any atom is -0.379 e. The maximum absolute atomic E-state index is 5.41. The van der Waals surface area contributed by atoms with E-state index in [1.54, 1.807) is 0 Å². The summed E-state index contributed by atoms with van der Waals surface area (Å²) in [5.74, 6) is 0. The van der Waals surface area contributed by atoms with Gasteiger partial charge >= 0.3 is 0 Å². The van der Waals surface area contributed by atoms with Crippen molar-refractivity contribution in [1.29, 1.82) is 0 Å². The lowest BCUT2D eigenvalue weighted by molar-refractivity contribution is 0.0328. The molecule has 3 aliphatic rings. The number of piperidine rings is 1. The van der Waals surface area contributed by atoms with E-state index in [4.69, 9.17) is 4.74 Å². The topological polar surface area (TPSA) is 27.7 Å². The lowest BCUT2D eigenvalue weighted by atomic mass is 9.97. The first kappa shape index (κ1) is 13.8. The van der Waals surface area contributed by atoms with Gasteiger partial charge in [-0.2, -0.15) is 0 Å². The standard InChI is InChI=1S/C15H29N3O/c1-12(11-18-5-7-19-8-6-18)16-13-9-14-3-4-15(10-13)17(14)2/h12-16H,3-11H2,1-2H3. The number of nitrogens with zero attached hydrogens (tertiary/aromatic N) is 2. The smallest absolute Gasteiger partial charge is 0.0594 e. The van der Waals surface area contributed by atoms with Crippen LogP contribution in [-0.2, 0) is 4.74 Å². The maximum Gasteiger partial charge on any atom is 0.0594 e. The highest BCUT2D eigenvalue weighted by molar-refractivity contribution is 4.96. The molecular formula is C15H29N3O. The summed E-state index contributed by atoms with van der Waals surface area (Å²) in [6.07, 6.45) is 5.52. The Kier molecular flexibility index (Phi) is 4.42. The SMILES string of the molecule is CC(CN1CCOCC1)NC1CC2CCC(C1)N2C. The molecule has 0 aromatic carbocycles. The van der Waals surface area contributed by atoms with Crippen molar-refractivity contribution in [1.82, 2.24) is 15.1 Å². The molecule has 19 heavy (non-hydrogen) atoms. The average Bonchev–Trinajstić information content (AvgIpc) is 2.63. The Morgan fingerprint density at radius 1 is 1.16 bits per heavy atom. The van der Waals surface area contributed by atoms with Crippen molar-refractivity contribution < 1.29 is 4.74 Å². The van der Waals surface area contributed by atoms with Gasteiger partial charge in [0, 0.05) is 43.8 Å². The molecular weight excluding hydrogens is 238 g/mol. The van der Waals surface area contributed by atoms with Gasteiger partial charge in [-0.3, -0.25) is 4.90 Å². The van der Waals surface area contributed by atoms with E-state index in [1.807, 2.05) is 0 Å². The molecule has 3 aliphatic heterocycles. The summed E-state index contributed by atoms with van der Waals surface area (Å²) in [5, 5.41) is 3.88. The number of ether oxygens (including phenoxy) is 1. The second kappa shape index (κ2) is 6.08. The van der Waals surface area contributed by atoms with Crippen molar-refractivity contribution in [2.24, 2.45) is 0 Å². The van der Waals surface area contributed by atoms with Gasteiger partial charge in [-0.05, 0) is 39.7 Å². The largest absolute Gasteiger partial charge is 0.379 e. The fraction of sp³-hybridized carbons (Fsp3) is 1.00. The van der Waals surface area contributed by atoms with E-state index >= 15 is 0 Å². The first-order chi connectivity index (χ1) is 9.22. The Labute approximate surface area is 117 Å². The molecule has 0 spiro atoms. The molecule has 1 N–H and O–H groups in total. The zero-order valence-corrected chi connectivity index (χ0v) is 12.5. The fourth-order valence-electron chi connectivity index (χ4n) is 4.17. The molecule has 3 rings (SSSR count). The lowest BCUT2D eigenvalue weighted by Gasteiger charge is -2.39. The zero-order chi connectivity index (χ0) is 13.2. The second-order valence-corrected chi connectivity index (χ2v) is 6.70. The van der Waals surface area contributed by atoms with Gasteiger partial charge in [0.15, 0.2) is 0 Å². The molecule has 0 amide bonds. The van der Waals surface area contributed by atoms with Crippen molar-refractivity contribution >= 4 is 0 Å². The van der Waals surface area contributed by atoms with E-state index in [1.165, 1.54) is 32.2 Å². The molecule has 3 heterocycles. The number of hydrogen-bond donors (Lipinski definition) is 1. The van der Waals surface area contributed by atoms with E-state index in [0.29, 0.717) is 6.04 Å². The van der Waals surface area contributed by atoms with Crippen LogP contribution in [0.1, 0.15) is 32.6 Å². The highest BCUT2D eigenvalue weighted by Gasteiger charge is 2.38. The summed E-state index contributed by atoms with van der Waals surface area (Å²) < 4.78 is 5.41. The van der Waals surface area contributed by atoms with Crippen molar-refractivity contribution in [3.63, 3.8) is 0 Å². The van der Waals surface area contributed by atoms with Gasteiger partial charge in [0.25, 0.3) is 0 Å². The normalized spacial score (nSPS) is 38.5. The van der Waals surface area contributed by atoms with Crippen molar-refractivity contribution in [3.8, 4) is 0 Å². The summed E-state index contributed by atoms with van der Waals surface area (Å²) >= 11 is 0. The average molecular weight is 267 g/mol. The van der Waals surface area contributed by atoms with E-state index in [0.717, 1.165) is 44.4 Å². The summed E-state index contributed by atoms with van der Waals surface area (Å²) in [7, 11) is 2.32. The first-order valence-corrected chi connectivity index (χ1v) is 8.00. The van der Waals surface area contributed by atoms with Crippen LogP contribution in [0.5, 0.6) is 0 Å². The Morgan fingerprint density at radius 3 is 2.42 bits per heavy atom. The Hall–Kier alpha value is -0.160. The Balaban J connectivity index is 1.43. The Bertz CT molecular complexity index is 279. The number of nitrogens with one attached hydrogen (secondary N) is 1. The number of rotatable bonds is 4. The molecule has 0 aliphatic carbocycles. The predicted molar refractivity (Wildman–Crippen MR) is 77.5 cm³/mol. The molecule has 3 unspecified atom stereocenters. The van der Waals surface area contributed by atoms with Crippen LogP contribution in [-0.4, -0.2) is 73.9 Å². The van der Waals surface area contributed by atoms with Crippen LogP contribution in [0, 0.1) is 0 Å². The fourth-order valence-corrected chi connectivity index (χ4v) is 4.17. The molecule has 0 radical (unpaired) electrons. The van der Waals surface area contributed by atoms with Gasteiger partial charge in [0.1, 0.15) is 0 Å². The number of hydrogen-bond acceptors (Lipinski definition) is 4. The van der Waals surface area contributed by atoms with Crippen molar-refractivity contribution in [3.05, 3.63) is 0 Å². The van der Waals surface area contributed by atoms with Crippen LogP contribution in [0.3, 0.4) is 0 Å². The summed E-state index contributed by atoms with van der Waals surface area (Å²) in [6.45, 7) is 7.53. The third-order valence-electron chi connectivity index (χ3n) is 5.25. The molecule has 0 saturated carbocycles. The summed E-state index contributed by atoms with van der Waals surface area (Å²) in [4.78, 5) is 5.15. The third kappa shape index (κ3) is 3.30. The summed E-state index contributed by atoms with van der Waals surface area (Å²) in [6, 6.07) is 3.02. The van der Waals surface area contributed by atoms with Crippen LogP contribution in [0.25, 0.3) is 0 Å². The predicted octanol–water partition coefficient (Wildman–Crippen LogP) is 0.922. The number of fused-ring (bicyclic) bond motifs is 2. The molecule has 3 fully saturated rings. The minimum absolute atomic E-state index is 0.603. The monoisotopic (exact) mass is 267 g/mol. The first-order valence-electron chi connectivity index (χ1n) is 8.00. The lowest BCUT2D eigenvalue weighted by Crippen LogP contribution is -2.52. The molecule has 3 atom stereocenters. The molecule has 2 bridgehead atoms. The van der Waals surface area contributed by atoms with Gasteiger partial charge in [-0.25, -0.2) is 0 Å². The van der Waals surface area contributed by atoms with Gasteiger partial charge in [-0.15, -0.1) is 0 Å². The van der Waals surface area contributed by atoms with Crippen LogP contribution >= 0.6 is 0 Å². The summed E-state index contributed by atoms with van der Waals surface area (Å²) in [5.41, 5.74) is 0. The molecule has 4 nitrogen and oxygen atoms in total. The van der Waals surface area contributed by atoms with Crippen LogP contribution in [0.2, 0.25) is 0 Å². The van der Waals surface area contributed by atoms with E-state index in [9.17, 15) is 0 Å². The third-order valence-corrected chi connectivity index (χ3v) is 5.25. The minimum atomic E-state index is 0.603. The van der Waals surface area contributed by atoms with Crippen LogP contribution in [0.15, 0.2) is 0 Å². The highest BCUT2D eigenvalue weighted by Crippen LogP contribution is 2.34. The van der Waals surface area contributed by atoms with Crippen LogP contribution in [0.4, 0.5) is 0 Å². The van der Waals surface area contributed by atoms with Gasteiger partial charge in [0.05, 0.1) is 13.2 Å². The zero-order valence-electron chi connectivity index (χ0n) is 12.5. The molecule has 0 aromatic rings. The Morgan fingerprint density at radius 2 is 1.79 bits per heavy atom. The van der Waals surface area contributed by atoms with Gasteiger partial charge in [0.2, 0.25) is 0 Å². The molecule has 110 valence electrons.